The van der Waals surface area contributed by atoms with Crippen LogP contribution >= 0.6 is 0 Å². The molecule has 0 saturated heterocycles. The number of rotatable bonds is 15. The van der Waals surface area contributed by atoms with Crippen LogP contribution in [0.5, 0.6) is 5.75 Å². The van der Waals surface area contributed by atoms with Gasteiger partial charge in [0.1, 0.15) is 17.5 Å². The Kier molecular flexibility index (Phi) is 13.5. The molecule has 0 radical (unpaired) electrons. The van der Waals surface area contributed by atoms with Gasteiger partial charge in [0.15, 0.2) is 0 Å². The van der Waals surface area contributed by atoms with Gasteiger partial charge in [-0.25, -0.2) is 4.79 Å². The molecule has 0 aliphatic heterocycles. The third-order valence-corrected chi connectivity index (χ3v) is 6.77. The highest BCUT2D eigenvalue weighted by Crippen LogP contribution is 2.33. The van der Waals surface area contributed by atoms with E-state index in [2.05, 4.69) is 82.4 Å². The molecule has 3 nitrogen and oxygen atoms in total. The lowest BCUT2D eigenvalue weighted by molar-refractivity contribution is 0.444. The fourth-order valence-electron chi connectivity index (χ4n) is 4.00. The summed E-state index contributed by atoms with van der Waals surface area (Å²) >= 11 is 0. The molecule has 1 N–H and O–H groups in total. The lowest BCUT2D eigenvalue weighted by Crippen LogP contribution is -2.10. The van der Waals surface area contributed by atoms with Crippen molar-refractivity contribution in [3.05, 3.63) is 88.7 Å². The van der Waals surface area contributed by atoms with E-state index in [9.17, 15) is 4.79 Å². The Balaban J connectivity index is 2.40. The summed E-state index contributed by atoms with van der Waals surface area (Å²) in [6.07, 6.45) is 14.7. The van der Waals surface area contributed by atoms with Gasteiger partial charge in [-0.2, -0.15) is 0 Å². The largest absolute Gasteiger partial charge is 0.457 e. The van der Waals surface area contributed by atoms with Crippen molar-refractivity contribution in [2.45, 2.75) is 73.1 Å². The van der Waals surface area contributed by atoms with E-state index in [4.69, 9.17) is 4.74 Å². The molecular formula is C34H45NO2. The minimum Gasteiger partial charge on any atom is -0.457 e. The van der Waals surface area contributed by atoms with Crippen LogP contribution in [0.1, 0.15) is 77.8 Å². The van der Waals surface area contributed by atoms with E-state index in [1.165, 1.54) is 42.0 Å². The van der Waals surface area contributed by atoms with Crippen molar-refractivity contribution in [3.8, 4) is 16.9 Å². The lowest BCUT2D eigenvalue weighted by atomic mass is 10.00. The molecule has 0 aliphatic rings. The second kappa shape index (κ2) is 16.6. The standard InChI is InChI=1S/C34H45NO2/c1-7-26(3)11-9-10-12-28(5)24-32(23-27(4)8-2)37-34-25-30(20-22-36)15-18-33(34)31-16-13-29(14-17-31)19-21-35-6/h12-18,20,23-26,35H,7-11,19,21H2,1-6H3/b27-23-,28-12-,32-24+. The van der Waals surface area contributed by atoms with Crippen LogP contribution in [0.2, 0.25) is 0 Å². The molecule has 0 spiro atoms. The van der Waals surface area contributed by atoms with Crippen molar-refractivity contribution in [2.75, 3.05) is 13.6 Å². The van der Waals surface area contributed by atoms with Crippen molar-refractivity contribution in [3.63, 3.8) is 0 Å². The second-order valence-corrected chi connectivity index (χ2v) is 9.95. The summed E-state index contributed by atoms with van der Waals surface area (Å²) in [5, 5.41) is 3.20. The van der Waals surface area contributed by atoms with Gasteiger partial charge in [-0.1, -0.05) is 87.2 Å². The summed E-state index contributed by atoms with van der Waals surface area (Å²) in [5.74, 6) is 4.20. The zero-order valence-corrected chi connectivity index (χ0v) is 23.7. The molecule has 198 valence electrons. The van der Waals surface area contributed by atoms with E-state index in [0.29, 0.717) is 0 Å². The molecule has 1 atom stereocenters. The summed E-state index contributed by atoms with van der Waals surface area (Å²) in [6.45, 7) is 11.9. The van der Waals surface area contributed by atoms with E-state index in [1.807, 2.05) is 31.2 Å². The summed E-state index contributed by atoms with van der Waals surface area (Å²) in [6, 6.07) is 14.5. The molecular weight excluding hydrogens is 454 g/mol. The number of benzene rings is 2. The van der Waals surface area contributed by atoms with Crippen molar-refractivity contribution >= 4 is 12.0 Å². The molecule has 0 amide bonds. The summed E-state index contributed by atoms with van der Waals surface area (Å²) in [4.78, 5) is 11.0. The number of hydrogen-bond donors (Lipinski definition) is 1. The van der Waals surface area contributed by atoms with E-state index in [-0.39, 0.29) is 0 Å². The van der Waals surface area contributed by atoms with Gasteiger partial charge in [0.25, 0.3) is 0 Å². The highest BCUT2D eigenvalue weighted by atomic mass is 16.5. The maximum atomic E-state index is 11.0. The Morgan fingerprint density at radius 3 is 2.49 bits per heavy atom. The summed E-state index contributed by atoms with van der Waals surface area (Å²) < 4.78 is 6.57. The maximum absolute atomic E-state index is 11.0. The van der Waals surface area contributed by atoms with Crippen LogP contribution in [0.4, 0.5) is 0 Å². The van der Waals surface area contributed by atoms with Crippen LogP contribution in [0, 0.1) is 5.92 Å². The maximum Gasteiger partial charge on any atom is 0.135 e. The highest BCUT2D eigenvalue weighted by molar-refractivity contribution is 5.79. The Bertz CT molecular complexity index is 1120. The van der Waals surface area contributed by atoms with Gasteiger partial charge in [-0.05, 0) is 93.9 Å². The zero-order valence-electron chi connectivity index (χ0n) is 23.7. The Hall–Kier alpha value is -3.13. The smallest absolute Gasteiger partial charge is 0.135 e. The number of carbonyl (C=O) groups excluding carboxylic acids is 1. The highest BCUT2D eigenvalue weighted by Gasteiger charge is 2.10. The number of likely N-dealkylation sites (N-methyl/N-ethyl adjacent to an activating group) is 1. The Morgan fingerprint density at radius 1 is 1.08 bits per heavy atom. The number of allylic oxidation sites excluding steroid dienone is 5. The normalized spacial score (nSPS) is 13.3. The van der Waals surface area contributed by atoms with Gasteiger partial charge in [0.2, 0.25) is 0 Å². The number of nitrogens with one attached hydrogen (secondary N) is 1. The molecule has 37 heavy (non-hydrogen) atoms. The molecule has 0 heterocycles. The average Bonchev–Trinajstić information content (AvgIpc) is 2.90. The SMILES string of the molecule is CC\C(C)=C/C(=C\C(C)=C/CCCC(C)CC)Oc1cc(C=C=O)ccc1-c1ccc(CCNC)cc1. The Morgan fingerprint density at radius 2 is 1.84 bits per heavy atom. The predicted molar refractivity (Wildman–Crippen MR) is 159 cm³/mol. The minimum absolute atomic E-state index is 0.725. The molecule has 2 rings (SSSR count). The van der Waals surface area contributed by atoms with Crippen molar-refractivity contribution < 1.29 is 9.53 Å². The van der Waals surface area contributed by atoms with Gasteiger partial charge < -0.3 is 10.1 Å². The van der Waals surface area contributed by atoms with Crippen molar-refractivity contribution in [1.29, 1.82) is 0 Å². The van der Waals surface area contributed by atoms with E-state index in [0.717, 1.165) is 59.9 Å². The van der Waals surface area contributed by atoms with Crippen LogP contribution in [0.25, 0.3) is 17.2 Å². The van der Waals surface area contributed by atoms with Crippen molar-refractivity contribution in [1.82, 2.24) is 5.32 Å². The molecule has 0 saturated carbocycles. The topological polar surface area (TPSA) is 38.3 Å². The fraction of sp³-hybridized carbons (Fsp3) is 0.412. The van der Waals surface area contributed by atoms with Crippen LogP contribution < -0.4 is 10.1 Å². The van der Waals surface area contributed by atoms with Crippen LogP contribution in [-0.4, -0.2) is 19.5 Å². The number of hydrogen-bond acceptors (Lipinski definition) is 3. The zero-order chi connectivity index (χ0) is 27.0. The molecule has 3 heteroatoms. The van der Waals surface area contributed by atoms with Gasteiger partial charge in [0, 0.05) is 11.6 Å². The van der Waals surface area contributed by atoms with Crippen LogP contribution in [0.15, 0.2) is 77.6 Å². The lowest BCUT2D eigenvalue weighted by Gasteiger charge is -2.15. The summed E-state index contributed by atoms with van der Waals surface area (Å²) in [7, 11) is 1.97. The summed E-state index contributed by atoms with van der Waals surface area (Å²) in [5.41, 5.74) is 6.57. The predicted octanol–water partition coefficient (Wildman–Crippen LogP) is 8.74. The van der Waals surface area contributed by atoms with E-state index in [1.54, 1.807) is 0 Å². The number of unbranched alkanes of at least 4 members (excludes halogenated alkanes) is 1. The molecule has 0 aliphatic carbocycles. The van der Waals surface area contributed by atoms with Crippen molar-refractivity contribution in [2.24, 2.45) is 5.92 Å². The van der Waals surface area contributed by atoms with Gasteiger partial charge in [-0.3, -0.25) is 0 Å². The van der Waals surface area contributed by atoms with Gasteiger partial charge in [-0.15, -0.1) is 0 Å². The Labute approximate surface area is 225 Å². The van der Waals surface area contributed by atoms with E-state index < -0.39 is 0 Å². The van der Waals surface area contributed by atoms with Gasteiger partial charge >= 0.3 is 0 Å². The number of ether oxygens (including phenoxy) is 1. The third kappa shape index (κ3) is 10.8. The first kappa shape index (κ1) is 30.1. The first-order valence-electron chi connectivity index (χ1n) is 13.7. The average molecular weight is 500 g/mol. The first-order chi connectivity index (χ1) is 17.9. The molecule has 2 aromatic carbocycles. The second-order valence-electron chi connectivity index (χ2n) is 9.95. The van der Waals surface area contributed by atoms with Crippen LogP contribution in [0.3, 0.4) is 0 Å². The first-order valence-corrected chi connectivity index (χ1v) is 13.7. The fourth-order valence-corrected chi connectivity index (χ4v) is 4.00. The molecule has 1 unspecified atom stereocenters. The minimum atomic E-state index is 0.725. The van der Waals surface area contributed by atoms with Crippen LogP contribution in [-0.2, 0) is 11.2 Å². The monoisotopic (exact) mass is 499 g/mol. The quantitative estimate of drug-likeness (QED) is 0.115. The van der Waals surface area contributed by atoms with Gasteiger partial charge in [0.05, 0.1) is 0 Å². The molecule has 2 aromatic rings. The third-order valence-electron chi connectivity index (χ3n) is 6.77. The molecule has 0 fully saturated rings. The van der Waals surface area contributed by atoms with E-state index >= 15 is 0 Å². The molecule has 0 bridgehead atoms. The molecule has 0 aromatic heterocycles.